The van der Waals surface area contributed by atoms with Gasteiger partial charge in [-0.2, -0.15) is 31.8 Å². The van der Waals surface area contributed by atoms with E-state index in [0.717, 1.165) is 17.7 Å². The van der Waals surface area contributed by atoms with Gasteiger partial charge < -0.3 is 20.8 Å². The SMILES string of the molecule is Cc1ccc(Nc2nc(O)nc(Nc3cc(S(=O)(=O)O)cc4cc(C)c(N=Nc5ccc6ccccc6c5S(=O)(=O)O)c(O)c34)n2)cc1. The van der Waals surface area contributed by atoms with Crippen molar-refractivity contribution in [3.05, 3.63) is 90.0 Å². The second-order valence-electron chi connectivity index (χ2n) is 10.6. The molecule has 0 spiro atoms. The lowest BCUT2D eigenvalue weighted by atomic mass is 10.0. The molecule has 48 heavy (non-hydrogen) atoms. The van der Waals surface area contributed by atoms with Gasteiger partial charge in [-0.15, -0.1) is 10.2 Å². The predicted molar refractivity (Wildman–Crippen MR) is 177 cm³/mol. The van der Waals surface area contributed by atoms with Gasteiger partial charge in [0.2, 0.25) is 11.9 Å². The molecule has 0 saturated heterocycles. The van der Waals surface area contributed by atoms with Crippen LogP contribution < -0.4 is 10.6 Å². The van der Waals surface area contributed by atoms with Crippen LogP contribution in [0, 0.1) is 13.8 Å². The molecule has 1 heterocycles. The van der Waals surface area contributed by atoms with Crippen molar-refractivity contribution in [1.82, 2.24) is 15.0 Å². The molecular weight excluding hydrogens is 663 g/mol. The van der Waals surface area contributed by atoms with Gasteiger partial charge in [-0.25, -0.2) is 0 Å². The quantitative estimate of drug-likeness (QED) is 0.0731. The Hall–Kier alpha value is -5.75. The van der Waals surface area contributed by atoms with Crippen molar-refractivity contribution >= 4 is 76.4 Å². The second-order valence-corrected chi connectivity index (χ2v) is 13.4. The standard InChI is InChI=1S/C31H25N7O8S2/c1-16-7-10-20(11-8-16)32-29-34-30(36-31(40)35-29)33-24-15-21(47(41,42)43)14-19-13-17(2)26(27(39)25(19)24)38-37-23-12-9-18-5-3-4-6-22(18)28(23)48(44,45)46/h3-15,39H,1-2H3,(H,41,42,43)(H,44,45,46)(H3,32,33,34,35,36,40). The van der Waals surface area contributed by atoms with Crippen LogP contribution in [0.1, 0.15) is 11.1 Å². The Balaban J connectivity index is 1.48. The third-order valence-corrected chi connectivity index (χ3v) is 8.98. The molecular formula is C31H25N7O8S2. The number of phenolic OH excluding ortho intramolecular Hbond substituents is 1. The van der Waals surface area contributed by atoms with E-state index >= 15 is 0 Å². The number of hydrogen-bond acceptors (Lipinski definition) is 13. The highest BCUT2D eigenvalue weighted by Crippen LogP contribution is 2.44. The number of benzene rings is 5. The third kappa shape index (κ3) is 6.56. The molecule has 0 saturated carbocycles. The zero-order valence-electron chi connectivity index (χ0n) is 25.0. The van der Waals surface area contributed by atoms with Crippen molar-refractivity contribution in [2.24, 2.45) is 10.2 Å². The molecule has 1 aromatic heterocycles. The number of anilines is 4. The Kier molecular flexibility index (Phi) is 8.13. The fourth-order valence-electron chi connectivity index (χ4n) is 5.04. The van der Waals surface area contributed by atoms with Crippen LogP contribution in [0.3, 0.4) is 0 Å². The normalized spacial score (nSPS) is 12.2. The number of nitrogens with zero attached hydrogens (tertiary/aromatic N) is 5. The Labute approximate surface area is 273 Å². The molecule has 0 unspecified atom stereocenters. The van der Waals surface area contributed by atoms with E-state index in [-0.39, 0.29) is 45.1 Å². The van der Waals surface area contributed by atoms with Gasteiger partial charge in [0.05, 0.1) is 10.6 Å². The number of aromatic hydroxyl groups is 2. The first kappa shape index (κ1) is 32.2. The average molecular weight is 688 g/mol. The van der Waals surface area contributed by atoms with E-state index in [1.54, 1.807) is 36.4 Å². The zero-order valence-corrected chi connectivity index (χ0v) is 26.6. The topological polar surface area (TPSA) is 237 Å². The summed E-state index contributed by atoms with van der Waals surface area (Å²) in [7, 11) is -9.51. The van der Waals surface area contributed by atoms with Crippen molar-refractivity contribution < 1.29 is 36.2 Å². The first-order valence-corrected chi connectivity index (χ1v) is 16.8. The van der Waals surface area contributed by atoms with Crippen molar-refractivity contribution in [3.63, 3.8) is 0 Å². The molecule has 0 aliphatic heterocycles. The van der Waals surface area contributed by atoms with E-state index in [4.69, 9.17) is 0 Å². The van der Waals surface area contributed by atoms with Crippen LogP contribution in [0.4, 0.5) is 34.6 Å². The monoisotopic (exact) mass is 687 g/mol. The van der Waals surface area contributed by atoms with Gasteiger partial charge in [-0.1, -0.05) is 48.0 Å². The molecule has 6 rings (SSSR count). The largest absolute Gasteiger partial charge is 0.505 e. The second kappa shape index (κ2) is 12.1. The van der Waals surface area contributed by atoms with E-state index in [9.17, 15) is 36.2 Å². The number of rotatable bonds is 8. The lowest BCUT2D eigenvalue weighted by Gasteiger charge is -2.15. The molecule has 244 valence electrons. The maximum atomic E-state index is 12.4. The first-order valence-electron chi connectivity index (χ1n) is 13.9. The van der Waals surface area contributed by atoms with E-state index in [0.29, 0.717) is 16.6 Å². The third-order valence-electron chi connectivity index (χ3n) is 7.20. The molecule has 0 aliphatic rings. The van der Waals surface area contributed by atoms with Crippen LogP contribution in [0.15, 0.2) is 98.9 Å². The number of azo groups is 1. The van der Waals surface area contributed by atoms with Crippen molar-refractivity contribution in [1.29, 1.82) is 0 Å². The van der Waals surface area contributed by atoms with Gasteiger partial charge >= 0.3 is 6.01 Å². The summed E-state index contributed by atoms with van der Waals surface area (Å²) < 4.78 is 69.0. The molecule has 0 radical (unpaired) electrons. The maximum Gasteiger partial charge on any atom is 0.320 e. The van der Waals surface area contributed by atoms with Gasteiger partial charge in [0, 0.05) is 16.5 Å². The molecule has 6 aromatic rings. The summed E-state index contributed by atoms with van der Waals surface area (Å²) in [6.07, 6.45) is 0. The minimum absolute atomic E-state index is 0.0107. The van der Waals surface area contributed by atoms with E-state index in [1.165, 1.54) is 25.1 Å². The van der Waals surface area contributed by atoms with E-state index < -0.39 is 41.8 Å². The van der Waals surface area contributed by atoms with Crippen molar-refractivity contribution in [2.75, 3.05) is 10.6 Å². The molecule has 0 bridgehead atoms. The number of aryl methyl sites for hydroxylation is 2. The van der Waals surface area contributed by atoms with Crippen LogP contribution in [0.2, 0.25) is 0 Å². The highest BCUT2D eigenvalue weighted by molar-refractivity contribution is 7.86. The lowest BCUT2D eigenvalue weighted by Crippen LogP contribution is -2.05. The number of nitrogens with one attached hydrogen (secondary N) is 2. The summed E-state index contributed by atoms with van der Waals surface area (Å²) in [5.41, 5.74) is 1.45. The van der Waals surface area contributed by atoms with Gasteiger partial charge in [0.15, 0.2) is 5.75 Å². The van der Waals surface area contributed by atoms with Gasteiger partial charge in [0.25, 0.3) is 20.2 Å². The molecule has 15 nitrogen and oxygen atoms in total. The highest BCUT2D eigenvalue weighted by Gasteiger charge is 2.22. The van der Waals surface area contributed by atoms with E-state index in [2.05, 4.69) is 35.8 Å². The number of hydrogen-bond donors (Lipinski definition) is 6. The number of phenols is 1. The van der Waals surface area contributed by atoms with Crippen LogP contribution >= 0.6 is 0 Å². The van der Waals surface area contributed by atoms with Gasteiger partial charge in [0.1, 0.15) is 16.3 Å². The summed E-state index contributed by atoms with van der Waals surface area (Å²) in [4.78, 5) is 10.9. The van der Waals surface area contributed by atoms with Crippen LogP contribution in [-0.4, -0.2) is 51.1 Å². The van der Waals surface area contributed by atoms with Crippen LogP contribution in [0.5, 0.6) is 11.8 Å². The van der Waals surface area contributed by atoms with Gasteiger partial charge in [-0.3, -0.25) is 9.11 Å². The lowest BCUT2D eigenvalue weighted by molar-refractivity contribution is 0.430. The van der Waals surface area contributed by atoms with Crippen LogP contribution in [-0.2, 0) is 20.2 Å². The molecule has 0 atom stereocenters. The minimum atomic E-state index is -4.76. The minimum Gasteiger partial charge on any atom is -0.505 e. The molecule has 0 fully saturated rings. The van der Waals surface area contributed by atoms with Gasteiger partial charge in [-0.05, 0) is 66.6 Å². The average Bonchev–Trinajstić information content (AvgIpc) is 3.00. The van der Waals surface area contributed by atoms with Crippen molar-refractivity contribution in [3.8, 4) is 11.8 Å². The summed E-state index contributed by atoms with van der Waals surface area (Å²) in [5, 5.41) is 36.5. The number of aromatic nitrogens is 3. The van der Waals surface area contributed by atoms with Crippen LogP contribution in [0.25, 0.3) is 21.5 Å². The Morgan fingerprint density at radius 3 is 2.08 bits per heavy atom. The summed E-state index contributed by atoms with van der Waals surface area (Å²) in [6, 6.07) is 19.5. The summed E-state index contributed by atoms with van der Waals surface area (Å²) in [6.45, 7) is 3.45. The molecule has 5 aromatic carbocycles. The molecule has 6 N–H and O–H groups in total. The summed E-state index contributed by atoms with van der Waals surface area (Å²) >= 11 is 0. The first-order chi connectivity index (χ1) is 22.7. The maximum absolute atomic E-state index is 12.4. The predicted octanol–water partition coefficient (Wildman–Crippen LogP) is 6.60. The Morgan fingerprint density at radius 2 is 1.40 bits per heavy atom. The number of fused-ring (bicyclic) bond motifs is 2. The fourth-order valence-corrected chi connectivity index (χ4v) is 6.42. The molecule has 0 amide bonds. The smallest absolute Gasteiger partial charge is 0.320 e. The molecule has 0 aliphatic carbocycles. The fraction of sp³-hybridized carbons (Fsp3) is 0.0645. The Morgan fingerprint density at radius 1 is 0.708 bits per heavy atom. The highest BCUT2D eigenvalue weighted by atomic mass is 32.2. The Bertz CT molecular complexity index is 2510. The van der Waals surface area contributed by atoms with Crippen molar-refractivity contribution in [2.45, 2.75) is 23.6 Å². The van der Waals surface area contributed by atoms with E-state index in [1.807, 2.05) is 19.1 Å². The zero-order chi connectivity index (χ0) is 34.4. The molecule has 17 heteroatoms. The summed E-state index contributed by atoms with van der Waals surface area (Å²) in [5.74, 6) is -0.838.